The molecule has 1 aliphatic rings. The number of rotatable bonds is 6. The lowest BCUT2D eigenvalue weighted by Gasteiger charge is -2.34. The molecule has 0 saturated carbocycles. The number of benzene rings is 1. The van der Waals surface area contributed by atoms with E-state index in [9.17, 15) is 10.1 Å². The van der Waals surface area contributed by atoms with Crippen molar-refractivity contribution in [3.8, 4) is 17.6 Å². The van der Waals surface area contributed by atoms with Crippen LogP contribution in [0.2, 0.25) is 0 Å². The molecule has 0 bridgehead atoms. The number of amides is 1. The molecule has 9 nitrogen and oxygen atoms in total. The van der Waals surface area contributed by atoms with Crippen molar-refractivity contribution in [3.63, 3.8) is 0 Å². The molecule has 1 amide bonds. The maximum atomic E-state index is 12.6. The van der Waals surface area contributed by atoms with E-state index < -0.39 is 5.91 Å². The van der Waals surface area contributed by atoms with Crippen LogP contribution >= 0.6 is 0 Å². The first-order valence-electron chi connectivity index (χ1n) is 9.06. The Kier molecular flexibility index (Phi) is 6.47. The molecule has 0 unspecified atom stereocenters. The van der Waals surface area contributed by atoms with Crippen LogP contribution in [0.3, 0.4) is 0 Å². The van der Waals surface area contributed by atoms with Gasteiger partial charge in [-0.3, -0.25) is 4.79 Å². The van der Waals surface area contributed by atoms with E-state index >= 15 is 0 Å². The summed E-state index contributed by atoms with van der Waals surface area (Å²) in [6.07, 6.45) is 5.00. The Labute approximate surface area is 169 Å². The zero-order valence-corrected chi connectivity index (χ0v) is 16.3. The number of carbonyl (C=O) groups excluding carboxylic acids is 1. The second kappa shape index (κ2) is 9.41. The van der Waals surface area contributed by atoms with Crippen LogP contribution in [-0.4, -0.2) is 61.2 Å². The van der Waals surface area contributed by atoms with Crippen molar-refractivity contribution in [3.05, 3.63) is 48.4 Å². The van der Waals surface area contributed by atoms with Crippen LogP contribution in [0.25, 0.3) is 0 Å². The van der Waals surface area contributed by atoms with Crippen LogP contribution in [-0.2, 0) is 4.79 Å². The summed E-state index contributed by atoms with van der Waals surface area (Å²) >= 11 is 0. The van der Waals surface area contributed by atoms with Crippen LogP contribution in [0.1, 0.15) is 0 Å². The molecule has 0 aliphatic carbocycles. The van der Waals surface area contributed by atoms with Crippen LogP contribution < -0.4 is 19.7 Å². The fourth-order valence-electron chi connectivity index (χ4n) is 2.93. The van der Waals surface area contributed by atoms with E-state index in [1.807, 2.05) is 11.0 Å². The van der Waals surface area contributed by atoms with E-state index in [0.717, 1.165) is 0 Å². The number of hydrogen-bond acceptors (Lipinski definition) is 8. The van der Waals surface area contributed by atoms with E-state index in [4.69, 9.17) is 9.47 Å². The number of nitriles is 1. The molecule has 1 aliphatic heterocycles. The van der Waals surface area contributed by atoms with Crippen molar-refractivity contribution in [2.45, 2.75) is 0 Å². The minimum absolute atomic E-state index is 0.0132. The average Bonchev–Trinajstić information content (AvgIpc) is 2.78. The summed E-state index contributed by atoms with van der Waals surface area (Å²) in [5, 5.41) is 12.2. The number of aromatic nitrogens is 2. The van der Waals surface area contributed by atoms with Crippen molar-refractivity contribution in [2.75, 3.05) is 50.6 Å². The molecule has 1 N–H and O–H groups in total. The maximum Gasteiger partial charge on any atom is 0.267 e. The molecular weight excluding hydrogens is 372 g/mol. The highest BCUT2D eigenvalue weighted by atomic mass is 16.5. The SMILES string of the molecule is COc1ccc(OC)c(NC(=O)/C(C#N)=C\N2CCN(c3ncccn3)CC2)c1. The van der Waals surface area contributed by atoms with Gasteiger partial charge in [-0.2, -0.15) is 5.26 Å². The first kappa shape index (κ1) is 19.9. The van der Waals surface area contributed by atoms with Gasteiger partial charge in [-0.25, -0.2) is 9.97 Å². The van der Waals surface area contributed by atoms with Gasteiger partial charge in [0.2, 0.25) is 5.95 Å². The highest BCUT2D eigenvalue weighted by molar-refractivity contribution is 6.07. The maximum absolute atomic E-state index is 12.6. The van der Waals surface area contributed by atoms with E-state index in [2.05, 4.69) is 20.2 Å². The molecule has 1 aromatic heterocycles. The second-order valence-electron chi connectivity index (χ2n) is 6.25. The number of methoxy groups -OCH3 is 2. The molecule has 3 rings (SSSR count). The minimum Gasteiger partial charge on any atom is -0.497 e. The average molecular weight is 394 g/mol. The summed E-state index contributed by atoms with van der Waals surface area (Å²) in [5.41, 5.74) is 0.448. The Bertz CT molecular complexity index is 918. The van der Waals surface area contributed by atoms with E-state index in [1.54, 1.807) is 42.9 Å². The molecule has 1 saturated heterocycles. The van der Waals surface area contributed by atoms with Gasteiger partial charge in [0, 0.05) is 50.8 Å². The third-order valence-electron chi connectivity index (χ3n) is 4.48. The van der Waals surface area contributed by atoms with Gasteiger partial charge in [-0.05, 0) is 18.2 Å². The predicted octanol–water partition coefficient (Wildman–Crippen LogP) is 1.66. The Morgan fingerprint density at radius 2 is 1.90 bits per heavy atom. The molecule has 1 fully saturated rings. The summed E-state index contributed by atoms with van der Waals surface area (Å²) in [6, 6.07) is 8.81. The predicted molar refractivity (Wildman–Crippen MR) is 108 cm³/mol. The zero-order valence-electron chi connectivity index (χ0n) is 16.3. The molecular formula is C20H22N6O3. The van der Waals surface area contributed by atoms with Gasteiger partial charge >= 0.3 is 0 Å². The summed E-state index contributed by atoms with van der Waals surface area (Å²) in [4.78, 5) is 25.1. The van der Waals surface area contributed by atoms with Gasteiger partial charge in [0.1, 0.15) is 23.1 Å². The van der Waals surface area contributed by atoms with Gasteiger partial charge < -0.3 is 24.6 Å². The quantitative estimate of drug-likeness (QED) is 0.583. The van der Waals surface area contributed by atoms with Crippen molar-refractivity contribution < 1.29 is 14.3 Å². The van der Waals surface area contributed by atoms with Crippen molar-refractivity contribution >= 4 is 17.5 Å². The molecule has 2 heterocycles. The lowest BCUT2D eigenvalue weighted by Crippen LogP contribution is -2.45. The van der Waals surface area contributed by atoms with Gasteiger partial charge in [-0.1, -0.05) is 0 Å². The fourth-order valence-corrected chi connectivity index (χ4v) is 2.93. The largest absolute Gasteiger partial charge is 0.497 e. The van der Waals surface area contributed by atoms with Gasteiger partial charge in [0.05, 0.1) is 19.9 Å². The molecule has 2 aromatic rings. The molecule has 1 aromatic carbocycles. The zero-order chi connectivity index (χ0) is 20.6. The molecule has 29 heavy (non-hydrogen) atoms. The number of carbonyl (C=O) groups is 1. The summed E-state index contributed by atoms with van der Waals surface area (Å²) in [5.74, 6) is 1.23. The highest BCUT2D eigenvalue weighted by Crippen LogP contribution is 2.29. The normalized spacial score (nSPS) is 14.2. The Morgan fingerprint density at radius 1 is 1.17 bits per heavy atom. The summed E-state index contributed by atoms with van der Waals surface area (Å²) in [6.45, 7) is 2.70. The monoisotopic (exact) mass is 394 g/mol. The second-order valence-corrected chi connectivity index (χ2v) is 6.25. The van der Waals surface area contributed by atoms with Gasteiger partial charge in [0.15, 0.2) is 0 Å². The third kappa shape index (κ3) is 4.93. The summed E-state index contributed by atoms with van der Waals surface area (Å²) < 4.78 is 10.4. The first-order chi connectivity index (χ1) is 14.1. The number of piperazine rings is 1. The van der Waals surface area contributed by atoms with E-state index in [0.29, 0.717) is 49.3 Å². The van der Waals surface area contributed by atoms with E-state index in [-0.39, 0.29) is 5.57 Å². The van der Waals surface area contributed by atoms with E-state index in [1.165, 1.54) is 14.2 Å². The minimum atomic E-state index is -0.507. The van der Waals surface area contributed by atoms with Crippen LogP contribution in [0, 0.1) is 11.3 Å². The number of anilines is 2. The molecule has 0 atom stereocenters. The van der Waals surface area contributed by atoms with Crippen LogP contribution in [0.5, 0.6) is 11.5 Å². The van der Waals surface area contributed by atoms with Gasteiger partial charge in [0.25, 0.3) is 5.91 Å². The van der Waals surface area contributed by atoms with Crippen molar-refractivity contribution in [2.24, 2.45) is 0 Å². The molecule has 0 radical (unpaired) electrons. The Morgan fingerprint density at radius 3 is 2.52 bits per heavy atom. The first-order valence-corrected chi connectivity index (χ1v) is 9.06. The lowest BCUT2D eigenvalue weighted by molar-refractivity contribution is -0.112. The van der Waals surface area contributed by atoms with Crippen molar-refractivity contribution in [1.29, 1.82) is 5.26 Å². The summed E-state index contributed by atoms with van der Waals surface area (Å²) in [7, 11) is 3.04. The standard InChI is InChI=1S/C20H22N6O3/c1-28-16-4-5-18(29-2)17(12-16)24-19(27)15(13-21)14-25-8-10-26(11-9-25)20-22-6-3-7-23-20/h3-7,12,14H,8-11H2,1-2H3,(H,24,27)/b15-14-. The topological polar surface area (TPSA) is 104 Å². The number of nitrogens with zero attached hydrogens (tertiary/aromatic N) is 5. The van der Waals surface area contributed by atoms with Crippen molar-refractivity contribution in [1.82, 2.24) is 14.9 Å². The van der Waals surface area contributed by atoms with Gasteiger partial charge in [-0.15, -0.1) is 0 Å². The molecule has 9 heteroatoms. The molecule has 0 spiro atoms. The Hall–Kier alpha value is -3.80. The third-order valence-corrected chi connectivity index (χ3v) is 4.48. The smallest absolute Gasteiger partial charge is 0.267 e. The lowest BCUT2D eigenvalue weighted by atomic mass is 10.2. The van der Waals surface area contributed by atoms with Crippen LogP contribution in [0.4, 0.5) is 11.6 Å². The van der Waals surface area contributed by atoms with Crippen LogP contribution in [0.15, 0.2) is 48.4 Å². The number of ether oxygens (including phenoxy) is 2. The number of hydrogen-bond donors (Lipinski definition) is 1. The fraction of sp³-hybridized carbons (Fsp3) is 0.300. The number of nitrogens with one attached hydrogen (secondary N) is 1. The Balaban J connectivity index is 1.66. The highest BCUT2D eigenvalue weighted by Gasteiger charge is 2.19. The molecule has 150 valence electrons.